The van der Waals surface area contributed by atoms with Crippen LogP contribution < -0.4 is 20.9 Å². The van der Waals surface area contributed by atoms with Crippen molar-refractivity contribution in [1.29, 1.82) is 0 Å². The van der Waals surface area contributed by atoms with Crippen molar-refractivity contribution >= 4 is 28.9 Å². The fourth-order valence-corrected chi connectivity index (χ4v) is 1.84. The summed E-state index contributed by atoms with van der Waals surface area (Å²) < 4.78 is 5.04. The summed E-state index contributed by atoms with van der Waals surface area (Å²) in [5, 5.41) is 14.0. The van der Waals surface area contributed by atoms with Crippen LogP contribution in [0.25, 0.3) is 0 Å². The zero-order valence-electron chi connectivity index (χ0n) is 13.2. The van der Waals surface area contributed by atoms with E-state index in [0.717, 1.165) is 12.5 Å². The Morgan fingerprint density at radius 1 is 1.39 bits per heavy atom. The number of nitrogens with zero attached hydrogens (tertiary/aromatic N) is 1. The average molecular weight is 340 g/mol. The third-order valence-corrected chi connectivity index (χ3v) is 3.18. The van der Waals surface area contributed by atoms with Crippen molar-refractivity contribution in [3.8, 4) is 5.75 Å². The summed E-state index contributed by atoms with van der Waals surface area (Å²) >= 11 is 5.03. The van der Waals surface area contributed by atoms with Crippen molar-refractivity contribution < 1.29 is 14.5 Å². The second-order valence-corrected chi connectivity index (χ2v) is 5.57. The molecule has 0 bridgehead atoms. The van der Waals surface area contributed by atoms with E-state index in [4.69, 9.17) is 17.0 Å². The summed E-state index contributed by atoms with van der Waals surface area (Å²) in [7, 11) is 1.38. The minimum absolute atomic E-state index is 0.0409. The minimum atomic E-state index is -0.585. The van der Waals surface area contributed by atoms with E-state index in [-0.39, 0.29) is 22.1 Å². The summed E-state index contributed by atoms with van der Waals surface area (Å²) in [5.41, 5.74) is 4.77. The van der Waals surface area contributed by atoms with Crippen molar-refractivity contribution in [1.82, 2.24) is 16.2 Å². The number of ether oxygens (including phenoxy) is 1. The highest BCUT2D eigenvalue weighted by Gasteiger charge is 2.17. The van der Waals surface area contributed by atoms with Gasteiger partial charge in [-0.05, 0) is 30.6 Å². The molecule has 3 N–H and O–H groups in total. The number of nitrogens with one attached hydrogen (secondary N) is 3. The Hall–Kier alpha value is -2.42. The number of thiocarbonyl (C=S) groups is 1. The Morgan fingerprint density at radius 2 is 2.09 bits per heavy atom. The first-order valence-corrected chi connectivity index (χ1v) is 7.42. The molecule has 0 saturated carbocycles. The number of carbonyl (C=O) groups excluding carboxylic acids is 1. The van der Waals surface area contributed by atoms with E-state index in [0.29, 0.717) is 12.5 Å². The predicted molar refractivity (Wildman–Crippen MR) is 90.3 cm³/mol. The van der Waals surface area contributed by atoms with E-state index in [2.05, 4.69) is 30.0 Å². The third kappa shape index (κ3) is 6.07. The predicted octanol–water partition coefficient (Wildman–Crippen LogP) is 1.76. The molecule has 126 valence electrons. The molecule has 0 saturated heterocycles. The van der Waals surface area contributed by atoms with Gasteiger partial charge in [-0.25, -0.2) is 0 Å². The van der Waals surface area contributed by atoms with Crippen molar-refractivity contribution in [2.45, 2.75) is 20.3 Å². The number of hydrazine groups is 1. The highest BCUT2D eigenvalue weighted by molar-refractivity contribution is 7.80. The number of amides is 1. The Bertz CT molecular complexity index is 592. The lowest BCUT2D eigenvalue weighted by Crippen LogP contribution is -2.47. The second kappa shape index (κ2) is 8.89. The summed E-state index contributed by atoms with van der Waals surface area (Å²) in [4.78, 5) is 22.3. The molecule has 0 heterocycles. The van der Waals surface area contributed by atoms with Gasteiger partial charge in [0.2, 0.25) is 0 Å². The Balaban J connectivity index is 2.65. The van der Waals surface area contributed by atoms with Crippen LogP contribution in [0.5, 0.6) is 5.75 Å². The van der Waals surface area contributed by atoms with Crippen LogP contribution in [-0.4, -0.2) is 29.6 Å². The molecule has 0 aliphatic rings. The maximum Gasteiger partial charge on any atom is 0.273 e. The quantitative estimate of drug-likeness (QED) is 0.411. The number of benzene rings is 1. The molecule has 1 rings (SSSR count). The molecule has 1 amide bonds. The molecule has 0 radical (unpaired) electrons. The number of non-ortho nitro benzene ring substituents is 1. The fraction of sp³-hybridized carbons (Fsp3) is 0.429. The molecule has 9 heteroatoms. The summed E-state index contributed by atoms with van der Waals surface area (Å²) in [6.45, 7) is 4.86. The molecule has 0 aromatic heterocycles. The summed E-state index contributed by atoms with van der Waals surface area (Å²) in [5.74, 6) is 0.182. The molecule has 8 nitrogen and oxygen atoms in total. The number of methoxy groups -OCH3 is 1. The first kappa shape index (κ1) is 18.6. The number of hydrogen-bond donors (Lipinski definition) is 3. The molecule has 0 spiro atoms. The van der Waals surface area contributed by atoms with Crippen LogP contribution in [0.2, 0.25) is 0 Å². The van der Waals surface area contributed by atoms with Gasteiger partial charge >= 0.3 is 0 Å². The topological polar surface area (TPSA) is 106 Å². The van der Waals surface area contributed by atoms with Gasteiger partial charge in [0, 0.05) is 18.7 Å². The fourth-order valence-electron chi connectivity index (χ4n) is 1.69. The molecular formula is C14H20N4O4S. The van der Waals surface area contributed by atoms with Crippen molar-refractivity contribution in [2.75, 3.05) is 13.7 Å². The minimum Gasteiger partial charge on any atom is -0.496 e. The molecule has 0 atom stereocenters. The first-order valence-electron chi connectivity index (χ1n) is 7.01. The van der Waals surface area contributed by atoms with Gasteiger partial charge in [0.05, 0.1) is 17.6 Å². The van der Waals surface area contributed by atoms with Gasteiger partial charge in [0.1, 0.15) is 5.75 Å². The molecule has 0 aliphatic carbocycles. The van der Waals surface area contributed by atoms with Gasteiger partial charge in [0.25, 0.3) is 11.6 Å². The lowest BCUT2D eigenvalue weighted by atomic mass is 10.1. The van der Waals surface area contributed by atoms with Crippen LogP contribution >= 0.6 is 12.2 Å². The van der Waals surface area contributed by atoms with Crippen molar-refractivity contribution in [3.05, 3.63) is 33.9 Å². The highest BCUT2D eigenvalue weighted by Crippen LogP contribution is 2.23. The molecule has 1 aromatic carbocycles. The molecule has 1 aromatic rings. The van der Waals surface area contributed by atoms with Crippen LogP contribution in [0.1, 0.15) is 30.6 Å². The van der Waals surface area contributed by atoms with Crippen LogP contribution in [-0.2, 0) is 0 Å². The number of nitro groups is 1. The van der Waals surface area contributed by atoms with Crippen LogP contribution in [0.15, 0.2) is 18.2 Å². The number of carbonyl (C=O) groups is 1. The Kier molecular flexibility index (Phi) is 7.20. The first-order chi connectivity index (χ1) is 10.8. The molecule has 0 aliphatic heterocycles. The van der Waals surface area contributed by atoms with Gasteiger partial charge < -0.3 is 10.1 Å². The molecular weight excluding hydrogens is 320 g/mol. The zero-order valence-corrected chi connectivity index (χ0v) is 14.0. The van der Waals surface area contributed by atoms with Gasteiger partial charge in [-0.2, -0.15) is 0 Å². The number of nitro benzene ring substituents is 1. The normalized spacial score (nSPS) is 10.1. The van der Waals surface area contributed by atoms with Gasteiger partial charge in [-0.3, -0.25) is 25.8 Å². The number of rotatable bonds is 6. The summed E-state index contributed by atoms with van der Waals surface area (Å²) in [6, 6.07) is 3.78. The van der Waals surface area contributed by atoms with Gasteiger partial charge in [0.15, 0.2) is 5.11 Å². The van der Waals surface area contributed by atoms with E-state index >= 15 is 0 Å². The molecule has 23 heavy (non-hydrogen) atoms. The smallest absolute Gasteiger partial charge is 0.273 e. The maximum absolute atomic E-state index is 12.1. The van der Waals surface area contributed by atoms with Crippen LogP contribution in [0.4, 0.5) is 5.69 Å². The lowest BCUT2D eigenvalue weighted by Gasteiger charge is -2.13. The lowest BCUT2D eigenvalue weighted by molar-refractivity contribution is -0.384. The average Bonchev–Trinajstić information content (AvgIpc) is 2.51. The Morgan fingerprint density at radius 3 is 2.65 bits per heavy atom. The third-order valence-electron chi connectivity index (χ3n) is 2.94. The van der Waals surface area contributed by atoms with Gasteiger partial charge in [-0.15, -0.1) is 0 Å². The molecule has 0 unspecified atom stereocenters. The largest absolute Gasteiger partial charge is 0.496 e. The van der Waals surface area contributed by atoms with E-state index in [9.17, 15) is 14.9 Å². The second-order valence-electron chi connectivity index (χ2n) is 5.16. The zero-order chi connectivity index (χ0) is 17.4. The monoisotopic (exact) mass is 340 g/mol. The summed E-state index contributed by atoms with van der Waals surface area (Å²) in [6.07, 6.45) is 0.939. The number of hydrogen-bond acceptors (Lipinski definition) is 5. The van der Waals surface area contributed by atoms with Gasteiger partial charge in [-0.1, -0.05) is 13.8 Å². The highest BCUT2D eigenvalue weighted by atomic mass is 32.1. The Labute approximate surface area is 139 Å². The standard InChI is InChI=1S/C14H20N4O4S/c1-9(2)6-7-15-14(23)17-16-13(19)11-8-10(18(20)21)4-5-12(11)22-3/h4-5,8-9H,6-7H2,1-3H3,(H,16,19)(H2,15,17,23). The van der Waals surface area contributed by atoms with Crippen LogP contribution in [0, 0.1) is 16.0 Å². The van der Waals surface area contributed by atoms with E-state index in [1.165, 1.54) is 19.2 Å². The van der Waals surface area contributed by atoms with E-state index in [1.54, 1.807) is 0 Å². The van der Waals surface area contributed by atoms with Crippen molar-refractivity contribution in [3.63, 3.8) is 0 Å². The maximum atomic E-state index is 12.1. The van der Waals surface area contributed by atoms with Crippen LogP contribution in [0.3, 0.4) is 0 Å². The SMILES string of the molecule is COc1ccc([N+](=O)[O-])cc1C(=O)NNC(=S)NCCC(C)C. The van der Waals surface area contributed by atoms with Crippen molar-refractivity contribution in [2.24, 2.45) is 5.92 Å². The van der Waals surface area contributed by atoms with E-state index < -0.39 is 10.8 Å². The van der Waals surface area contributed by atoms with E-state index in [1.807, 2.05) is 0 Å². The molecule has 0 fully saturated rings.